The molecule has 3 unspecified atom stereocenters. The van der Waals surface area contributed by atoms with Gasteiger partial charge in [0, 0.05) is 26.2 Å². The van der Waals surface area contributed by atoms with Crippen LogP contribution in [-0.4, -0.2) is 64.7 Å². The first-order valence-electron chi connectivity index (χ1n) is 13.0. The van der Waals surface area contributed by atoms with Gasteiger partial charge in [-0.25, -0.2) is 0 Å². The van der Waals surface area contributed by atoms with E-state index in [1.165, 1.54) is 0 Å². The number of aliphatic hydroxyl groups is 1. The number of unbranched alkanes of at least 4 members (excludes halogenated alkanes) is 2. The fourth-order valence-corrected chi connectivity index (χ4v) is 6.45. The third-order valence-corrected chi connectivity index (χ3v) is 8.29. The molecular formula is C27H39N3O5. The molecule has 0 radical (unpaired) electrons. The largest absolute Gasteiger partial charge is 0.396 e. The zero-order valence-electron chi connectivity index (χ0n) is 21.1. The molecule has 1 aromatic carbocycles. The van der Waals surface area contributed by atoms with Crippen molar-refractivity contribution in [1.82, 2.24) is 15.5 Å². The van der Waals surface area contributed by atoms with E-state index in [4.69, 9.17) is 4.74 Å². The Hall–Kier alpha value is -2.45. The molecule has 0 saturated carbocycles. The predicted molar refractivity (Wildman–Crippen MR) is 131 cm³/mol. The van der Waals surface area contributed by atoms with E-state index in [-0.39, 0.29) is 30.2 Å². The van der Waals surface area contributed by atoms with Crippen molar-refractivity contribution in [3.8, 4) is 0 Å². The Morgan fingerprint density at radius 1 is 1.14 bits per heavy atom. The highest BCUT2D eigenvalue weighted by atomic mass is 16.5. The summed E-state index contributed by atoms with van der Waals surface area (Å²) in [6.07, 6.45) is 3.49. The van der Waals surface area contributed by atoms with Gasteiger partial charge in [0.05, 0.1) is 17.4 Å². The van der Waals surface area contributed by atoms with E-state index in [1.807, 2.05) is 44.2 Å². The van der Waals surface area contributed by atoms with Gasteiger partial charge in [0.1, 0.15) is 11.6 Å². The molecule has 8 heteroatoms. The van der Waals surface area contributed by atoms with Gasteiger partial charge in [-0.1, -0.05) is 50.6 Å². The van der Waals surface area contributed by atoms with Crippen LogP contribution >= 0.6 is 0 Å². The average molecular weight is 486 g/mol. The van der Waals surface area contributed by atoms with Crippen LogP contribution in [0.25, 0.3) is 0 Å². The number of nitrogens with zero attached hydrogens (tertiary/aromatic N) is 1. The Labute approximate surface area is 207 Å². The molecule has 35 heavy (non-hydrogen) atoms. The maximum atomic E-state index is 13.9. The van der Waals surface area contributed by atoms with Crippen LogP contribution in [0.3, 0.4) is 0 Å². The number of fused-ring (bicyclic) bond motifs is 1. The normalized spacial score (nSPS) is 33.1. The Bertz CT molecular complexity index is 940. The molecule has 3 fully saturated rings. The Morgan fingerprint density at radius 2 is 1.89 bits per heavy atom. The smallest absolute Gasteiger partial charge is 0.245 e. The second-order valence-electron chi connectivity index (χ2n) is 10.5. The molecule has 192 valence electrons. The quantitative estimate of drug-likeness (QED) is 0.416. The van der Waals surface area contributed by atoms with E-state index in [1.54, 1.807) is 4.90 Å². The number of hydrogen-bond acceptors (Lipinski definition) is 5. The van der Waals surface area contributed by atoms with Crippen molar-refractivity contribution in [2.45, 2.75) is 76.7 Å². The van der Waals surface area contributed by atoms with Gasteiger partial charge in [-0.05, 0) is 44.1 Å². The molecule has 3 aliphatic rings. The summed E-state index contributed by atoms with van der Waals surface area (Å²) in [5.74, 6) is -1.95. The number of nitrogens with one attached hydrogen (secondary N) is 2. The Morgan fingerprint density at radius 3 is 2.57 bits per heavy atom. The number of likely N-dealkylation sites (tertiary alicyclic amines) is 1. The van der Waals surface area contributed by atoms with E-state index < -0.39 is 29.1 Å². The minimum absolute atomic E-state index is 0.0161. The van der Waals surface area contributed by atoms with E-state index in [0.717, 1.165) is 18.4 Å². The van der Waals surface area contributed by atoms with Crippen LogP contribution in [0.2, 0.25) is 0 Å². The van der Waals surface area contributed by atoms with Gasteiger partial charge in [-0.3, -0.25) is 14.4 Å². The zero-order chi connectivity index (χ0) is 25.2. The molecule has 3 heterocycles. The summed E-state index contributed by atoms with van der Waals surface area (Å²) in [6.45, 7) is 7.33. The van der Waals surface area contributed by atoms with Gasteiger partial charge in [0.15, 0.2) is 0 Å². The number of carbonyl (C=O) groups is 3. The molecule has 8 nitrogen and oxygen atoms in total. The molecule has 6 atom stereocenters. The summed E-state index contributed by atoms with van der Waals surface area (Å²) in [7, 11) is 0. The number of amides is 3. The van der Waals surface area contributed by atoms with Gasteiger partial charge in [-0.2, -0.15) is 0 Å². The van der Waals surface area contributed by atoms with E-state index in [9.17, 15) is 19.5 Å². The van der Waals surface area contributed by atoms with Gasteiger partial charge >= 0.3 is 0 Å². The van der Waals surface area contributed by atoms with Crippen LogP contribution in [0.15, 0.2) is 30.3 Å². The summed E-state index contributed by atoms with van der Waals surface area (Å²) in [5, 5.41) is 15.3. The monoisotopic (exact) mass is 485 g/mol. The van der Waals surface area contributed by atoms with Crippen LogP contribution < -0.4 is 10.6 Å². The Kier molecular flexibility index (Phi) is 7.52. The van der Waals surface area contributed by atoms with Crippen LogP contribution in [0.4, 0.5) is 0 Å². The minimum atomic E-state index is -1.02. The van der Waals surface area contributed by atoms with Crippen molar-refractivity contribution in [3.05, 3.63) is 35.9 Å². The summed E-state index contributed by atoms with van der Waals surface area (Å²) < 4.78 is 6.68. The number of benzene rings is 1. The molecule has 3 N–H and O–H groups in total. The second kappa shape index (κ2) is 10.3. The lowest BCUT2D eigenvalue weighted by Gasteiger charge is -2.36. The first-order chi connectivity index (χ1) is 16.8. The van der Waals surface area contributed by atoms with Gasteiger partial charge in [-0.15, -0.1) is 0 Å². The molecule has 1 spiro atoms. The summed E-state index contributed by atoms with van der Waals surface area (Å²) in [5.41, 5.74) is -0.857. The SMILES string of the molecule is CCCCNC(=O)C1N(CCCCO)C(=O)[C@@H]2[C@@H](C(=O)NCc3ccccc3)[C@]3(C)OC12CC3C. The van der Waals surface area contributed by atoms with Crippen molar-refractivity contribution in [2.24, 2.45) is 17.8 Å². The fourth-order valence-electron chi connectivity index (χ4n) is 6.45. The summed E-state index contributed by atoms with van der Waals surface area (Å²) >= 11 is 0. The standard InChI is InChI=1S/C27H39N3O5/c1-4-5-13-28-24(33)22-27-16-18(2)26(3,35-27)20(21(27)25(34)30(22)14-9-10-15-31)23(32)29-17-19-11-7-6-8-12-19/h6-8,11-12,18,20-22,31H,4-5,9-10,13-17H2,1-3H3,(H,28,33)(H,29,32)/t18?,20-,21-,22?,26+,27?/m0/s1. The predicted octanol–water partition coefficient (Wildman–Crippen LogP) is 2.00. The van der Waals surface area contributed by atoms with Crippen molar-refractivity contribution in [2.75, 3.05) is 19.7 Å². The van der Waals surface area contributed by atoms with Gasteiger partial charge in [0.2, 0.25) is 17.7 Å². The first-order valence-corrected chi connectivity index (χ1v) is 13.0. The number of aliphatic hydroxyl groups excluding tert-OH is 1. The molecule has 4 rings (SSSR count). The van der Waals surface area contributed by atoms with E-state index >= 15 is 0 Å². The topological polar surface area (TPSA) is 108 Å². The molecule has 3 amide bonds. The van der Waals surface area contributed by atoms with Gasteiger partial charge < -0.3 is 25.4 Å². The van der Waals surface area contributed by atoms with Gasteiger partial charge in [0.25, 0.3) is 0 Å². The molecule has 0 aliphatic carbocycles. The third-order valence-electron chi connectivity index (χ3n) is 8.29. The molecule has 1 aromatic rings. The summed E-state index contributed by atoms with van der Waals surface area (Å²) in [6, 6.07) is 8.90. The number of carbonyl (C=O) groups excluding carboxylic acids is 3. The lowest BCUT2D eigenvalue weighted by Crippen LogP contribution is -2.56. The van der Waals surface area contributed by atoms with Crippen LogP contribution in [0, 0.1) is 17.8 Å². The molecule has 0 aromatic heterocycles. The van der Waals surface area contributed by atoms with Crippen molar-refractivity contribution >= 4 is 17.7 Å². The average Bonchev–Trinajstić information content (AvgIpc) is 3.35. The van der Waals surface area contributed by atoms with Crippen molar-refractivity contribution < 1.29 is 24.2 Å². The van der Waals surface area contributed by atoms with Crippen LogP contribution in [0.5, 0.6) is 0 Å². The van der Waals surface area contributed by atoms with Crippen LogP contribution in [-0.2, 0) is 25.7 Å². The van der Waals surface area contributed by atoms with E-state index in [2.05, 4.69) is 17.6 Å². The van der Waals surface area contributed by atoms with Crippen molar-refractivity contribution in [1.29, 1.82) is 0 Å². The first kappa shape index (κ1) is 25.6. The lowest BCUT2D eigenvalue weighted by molar-refractivity contribution is -0.147. The maximum Gasteiger partial charge on any atom is 0.245 e. The highest BCUT2D eigenvalue weighted by Crippen LogP contribution is 2.65. The minimum Gasteiger partial charge on any atom is -0.396 e. The molecule has 2 bridgehead atoms. The number of hydrogen-bond donors (Lipinski definition) is 3. The lowest BCUT2D eigenvalue weighted by atomic mass is 9.62. The number of rotatable bonds is 11. The molecular weight excluding hydrogens is 446 g/mol. The molecule has 3 aliphatic heterocycles. The third kappa shape index (κ3) is 4.35. The zero-order valence-corrected chi connectivity index (χ0v) is 21.1. The second-order valence-corrected chi connectivity index (χ2v) is 10.5. The van der Waals surface area contributed by atoms with Crippen LogP contribution in [0.1, 0.15) is 58.4 Å². The molecule has 3 saturated heterocycles. The maximum absolute atomic E-state index is 13.9. The van der Waals surface area contributed by atoms with E-state index in [0.29, 0.717) is 38.9 Å². The summed E-state index contributed by atoms with van der Waals surface area (Å²) in [4.78, 5) is 42.6. The fraction of sp³-hybridized carbons (Fsp3) is 0.667. The number of ether oxygens (including phenoxy) is 1. The highest BCUT2D eigenvalue weighted by molar-refractivity contribution is 5.99. The Balaban J connectivity index is 1.63. The highest BCUT2D eigenvalue weighted by Gasteiger charge is 2.79. The van der Waals surface area contributed by atoms with Crippen molar-refractivity contribution in [3.63, 3.8) is 0 Å².